The van der Waals surface area contributed by atoms with Crippen LogP contribution in [0.5, 0.6) is 11.5 Å². The standard InChI is InChI=1S/C58H89N5O10S2Si/c1-56(2,3)76(9,10)73-49-40-46(42-72-58(43-20-14-11-15-21-43,44-24-28-47(69-6)29-25-44)45-26-30-48(70-7)31-27-45)63(41-49)54(67)23-17-13-19-37-61-53(66)34-35-57(4,5)75-74-39-38-62-51(64)22-16-12-18-36-60-52(65)33-32-50(59)55(68)71-8/h11,14-15,20-21,24-31,46,49-50H,12-13,16-19,22-23,32-42,59H2,1-10H3,(H,60,65)(H,61,66)(H,62,64)/t46-,49+,50+/m0/s1. The van der Waals surface area contributed by atoms with E-state index in [-0.39, 0.29) is 65.0 Å². The van der Waals surface area contributed by atoms with Gasteiger partial charge in [0.1, 0.15) is 23.1 Å². The van der Waals surface area contributed by atoms with E-state index in [1.807, 2.05) is 71.6 Å². The Labute approximate surface area is 462 Å². The number of nitrogens with one attached hydrogen (secondary N) is 3. The predicted octanol–water partition coefficient (Wildman–Crippen LogP) is 9.69. The zero-order chi connectivity index (χ0) is 55.8. The molecule has 4 amide bonds. The monoisotopic (exact) mass is 1110 g/mol. The van der Waals surface area contributed by atoms with Gasteiger partial charge in [0.2, 0.25) is 23.6 Å². The SMILES string of the molecule is COC(=O)[C@H](N)CCC(=O)NCCCCCC(=O)NCCSSC(C)(C)CCC(=O)NCCCCCC(=O)N1C[C@H](O[Si](C)(C)C(C)(C)C)C[C@H]1COC(c1ccccc1)(c1ccc(OC)cc1)c1ccc(OC)cc1. The zero-order valence-corrected chi connectivity index (χ0v) is 49.7. The van der Waals surface area contributed by atoms with Crippen molar-refractivity contribution >= 4 is 59.5 Å². The Balaban J connectivity index is 1.21. The van der Waals surface area contributed by atoms with E-state index in [4.69, 9.17) is 24.4 Å². The molecule has 422 valence electrons. The van der Waals surface area contributed by atoms with Crippen molar-refractivity contribution in [1.82, 2.24) is 20.9 Å². The highest BCUT2D eigenvalue weighted by atomic mass is 33.1. The minimum atomic E-state index is -2.16. The van der Waals surface area contributed by atoms with Crippen molar-refractivity contribution in [3.05, 3.63) is 95.6 Å². The van der Waals surface area contributed by atoms with Gasteiger partial charge < -0.3 is 50.0 Å². The molecule has 76 heavy (non-hydrogen) atoms. The number of amides is 4. The molecule has 1 aliphatic heterocycles. The fourth-order valence-corrected chi connectivity index (χ4v) is 12.6. The fourth-order valence-electron chi connectivity index (χ4n) is 8.79. The zero-order valence-electron chi connectivity index (χ0n) is 47.1. The van der Waals surface area contributed by atoms with Crippen molar-refractivity contribution in [2.24, 2.45) is 5.73 Å². The molecule has 0 unspecified atom stereocenters. The van der Waals surface area contributed by atoms with Gasteiger partial charge in [-0.15, -0.1) is 0 Å². The lowest BCUT2D eigenvalue weighted by Gasteiger charge is -2.38. The molecular weight excluding hydrogens is 1020 g/mol. The summed E-state index contributed by atoms with van der Waals surface area (Å²) in [4.78, 5) is 64.9. The van der Waals surface area contributed by atoms with Gasteiger partial charge in [-0.1, -0.05) is 110 Å². The molecule has 1 heterocycles. The normalized spacial score (nSPS) is 15.4. The number of ether oxygens (including phenoxy) is 4. The number of esters is 1. The lowest BCUT2D eigenvalue weighted by Crippen LogP contribution is -2.45. The summed E-state index contributed by atoms with van der Waals surface area (Å²) >= 11 is 0. The van der Waals surface area contributed by atoms with E-state index >= 15 is 0 Å². The average Bonchev–Trinajstić information content (AvgIpc) is 3.81. The van der Waals surface area contributed by atoms with E-state index in [1.54, 1.807) is 35.8 Å². The smallest absolute Gasteiger partial charge is 0.322 e. The van der Waals surface area contributed by atoms with Gasteiger partial charge in [0, 0.05) is 62.4 Å². The fraction of sp³-hybridized carbons (Fsp3) is 0.603. The average molecular weight is 1110 g/mol. The van der Waals surface area contributed by atoms with Crippen LogP contribution in [0.25, 0.3) is 0 Å². The van der Waals surface area contributed by atoms with Crippen LogP contribution < -0.4 is 31.2 Å². The molecule has 0 spiro atoms. The Morgan fingerprint density at radius 2 is 1.21 bits per heavy atom. The van der Waals surface area contributed by atoms with Crippen LogP contribution in [0.15, 0.2) is 78.9 Å². The maximum absolute atomic E-state index is 14.3. The summed E-state index contributed by atoms with van der Waals surface area (Å²) in [5, 5.41) is 8.89. The van der Waals surface area contributed by atoms with Crippen molar-refractivity contribution < 1.29 is 47.3 Å². The van der Waals surface area contributed by atoms with Gasteiger partial charge in [0.05, 0.1) is 40.1 Å². The Morgan fingerprint density at radius 1 is 0.684 bits per heavy atom. The minimum absolute atomic E-state index is 0.00889. The number of hydrogen-bond acceptors (Lipinski definition) is 13. The van der Waals surface area contributed by atoms with Crippen molar-refractivity contribution in [3.63, 3.8) is 0 Å². The van der Waals surface area contributed by atoms with Crippen molar-refractivity contribution in [3.8, 4) is 11.5 Å². The van der Waals surface area contributed by atoms with Crippen LogP contribution >= 0.6 is 21.6 Å². The number of carbonyl (C=O) groups is 5. The number of methoxy groups -OCH3 is 3. The number of benzene rings is 3. The van der Waals surface area contributed by atoms with Crippen LogP contribution in [-0.2, 0) is 43.5 Å². The van der Waals surface area contributed by atoms with Gasteiger partial charge >= 0.3 is 5.97 Å². The molecular formula is C58H89N5O10S2Si. The molecule has 15 nitrogen and oxygen atoms in total. The summed E-state index contributed by atoms with van der Waals surface area (Å²) in [7, 11) is 5.84. The van der Waals surface area contributed by atoms with Gasteiger partial charge in [-0.3, -0.25) is 24.0 Å². The second kappa shape index (κ2) is 31.7. The van der Waals surface area contributed by atoms with Crippen LogP contribution in [0.4, 0.5) is 0 Å². The Hall–Kier alpha value is -4.59. The first-order chi connectivity index (χ1) is 36.1. The molecule has 4 rings (SSSR count). The highest BCUT2D eigenvalue weighted by molar-refractivity contribution is 8.77. The first-order valence-electron chi connectivity index (χ1n) is 27.0. The summed E-state index contributed by atoms with van der Waals surface area (Å²) < 4.78 is 29.9. The number of carbonyl (C=O) groups excluding carboxylic acids is 5. The van der Waals surface area contributed by atoms with Gasteiger partial charge in [-0.05, 0) is 118 Å². The molecule has 3 aromatic carbocycles. The summed E-state index contributed by atoms with van der Waals surface area (Å²) in [6.45, 7) is 17.9. The second-order valence-electron chi connectivity index (χ2n) is 21.8. The third-order valence-corrected chi connectivity index (χ3v) is 22.2. The molecule has 0 aromatic heterocycles. The number of nitrogens with zero attached hydrogens (tertiary/aromatic N) is 1. The van der Waals surface area contributed by atoms with Crippen molar-refractivity contribution in [1.29, 1.82) is 0 Å². The molecule has 1 fully saturated rings. The molecule has 1 aliphatic rings. The topological polar surface area (TPSA) is 197 Å². The quantitative estimate of drug-likeness (QED) is 0.0145. The van der Waals surface area contributed by atoms with Gasteiger partial charge in [-0.25, -0.2) is 0 Å². The number of hydrogen-bond donors (Lipinski definition) is 4. The summed E-state index contributed by atoms with van der Waals surface area (Å²) in [5.41, 5.74) is 7.47. The number of rotatable bonds is 34. The maximum Gasteiger partial charge on any atom is 0.322 e. The van der Waals surface area contributed by atoms with Gasteiger partial charge in [0.25, 0.3) is 0 Å². The van der Waals surface area contributed by atoms with Crippen LogP contribution in [0, 0.1) is 0 Å². The highest BCUT2D eigenvalue weighted by Gasteiger charge is 2.45. The van der Waals surface area contributed by atoms with Crippen LogP contribution in [0.3, 0.4) is 0 Å². The number of unbranched alkanes of at least 4 members (excludes halogenated alkanes) is 4. The molecule has 0 radical (unpaired) electrons. The van der Waals surface area contributed by atoms with Crippen molar-refractivity contribution in [2.75, 3.05) is 59.9 Å². The third kappa shape index (κ3) is 20.7. The van der Waals surface area contributed by atoms with Gasteiger partial charge in [0.15, 0.2) is 8.32 Å². The van der Waals surface area contributed by atoms with Gasteiger partial charge in [-0.2, -0.15) is 0 Å². The lowest BCUT2D eigenvalue weighted by atomic mass is 9.80. The van der Waals surface area contributed by atoms with Crippen molar-refractivity contribution in [2.45, 2.75) is 165 Å². The number of nitrogens with two attached hydrogens (primary N) is 1. The number of likely N-dealkylation sites (tertiary alicyclic amines) is 1. The van der Waals surface area contributed by atoms with E-state index in [0.29, 0.717) is 64.7 Å². The molecule has 0 saturated carbocycles. The summed E-state index contributed by atoms with van der Waals surface area (Å²) in [6.07, 6.45) is 7.50. The molecule has 3 aromatic rings. The molecule has 5 N–H and O–H groups in total. The van der Waals surface area contributed by atoms with E-state index in [9.17, 15) is 24.0 Å². The Morgan fingerprint density at radius 3 is 1.76 bits per heavy atom. The predicted molar refractivity (Wildman–Crippen MR) is 309 cm³/mol. The molecule has 0 aliphatic carbocycles. The van der Waals surface area contributed by atoms with E-state index in [1.165, 1.54) is 7.11 Å². The second-order valence-corrected chi connectivity index (χ2v) is 29.6. The first kappa shape index (κ1) is 63.9. The molecule has 0 bridgehead atoms. The molecule has 3 atom stereocenters. The van der Waals surface area contributed by atoms with Crippen LogP contribution in [0.1, 0.15) is 135 Å². The van der Waals surface area contributed by atoms with E-state index in [0.717, 1.165) is 66.0 Å². The molecule has 18 heteroatoms. The minimum Gasteiger partial charge on any atom is -0.497 e. The summed E-state index contributed by atoms with van der Waals surface area (Å²) in [6, 6.07) is 25.2. The van der Waals surface area contributed by atoms with E-state index < -0.39 is 25.9 Å². The van der Waals surface area contributed by atoms with Crippen LogP contribution in [0.2, 0.25) is 18.1 Å². The Bertz CT molecular complexity index is 2200. The van der Waals surface area contributed by atoms with E-state index in [2.05, 4.69) is 80.5 Å². The molecule has 1 saturated heterocycles. The lowest BCUT2D eigenvalue weighted by molar-refractivity contribution is -0.142. The van der Waals surface area contributed by atoms with Crippen LogP contribution in [-0.4, -0.2) is 126 Å². The maximum atomic E-state index is 14.3. The Kier molecular flexibility index (Phi) is 26.7. The third-order valence-electron chi connectivity index (χ3n) is 14.4. The highest BCUT2D eigenvalue weighted by Crippen LogP contribution is 2.44. The first-order valence-corrected chi connectivity index (χ1v) is 32.3. The largest absolute Gasteiger partial charge is 0.497 e. The summed E-state index contributed by atoms with van der Waals surface area (Å²) in [5.74, 6) is 1.66.